The second kappa shape index (κ2) is 2.59. The Bertz CT molecular complexity index is 356. The molecule has 62 valence electrons. The summed E-state index contributed by atoms with van der Waals surface area (Å²) >= 11 is 0. The van der Waals surface area contributed by atoms with Crippen molar-refractivity contribution in [1.82, 2.24) is 14.6 Å². The first-order valence-corrected chi connectivity index (χ1v) is 4.06. The summed E-state index contributed by atoms with van der Waals surface area (Å²) in [6.45, 7) is 4.27. The molecule has 0 saturated heterocycles. The molecule has 0 aliphatic rings. The molecule has 0 spiro atoms. The fourth-order valence-electron chi connectivity index (χ4n) is 1.15. The third-order valence-corrected chi connectivity index (χ3v) is 1.88. The summed E-state index contributed by atoms with van der Waals surface area (Å²) in [5.41, 5.74) is 2.17. The SMILES string of the molecule is CC(C)c1cc2cnccn2n1. The fourth-order valence-corrected chi connectivity index (χ4v) is 1.15. The minimum absolute atomic E-state index is 0.477. The Balaban J connectivity index is 2.62. The van der Waals surface area contributed by atoms with E-state index in [0.717, 1.165) is 11.2 Å². The van der Waals surface area contributed by atoms with Gasteiger partial charge in [0.1, 0.15) is 0 Å². The van der Waals surface area contributed by atoms with Crippen LogP contribution in [0, 0.1) is 0 Å². The van der Waals surface area contributed by atoms with Crippen LogP contribution in [0.5, 0.6) is 0 Å². The smallest absolute Gasteiger partial charge is 0.0847 e. The average Bonchev–Trinajstić information content (AvgIpc) is 2.46. The van der Waals surface area contributed by atoms with Crippen molar-refractivity contribution in [2.45, 2.75) is 19.8 Å². The van der Waals surface area contributed by atoms with Crippen molar-refractivity contribution in [3.63, 3.8) is 0 Å². The van der Waals surface area contributed by atoms with E-state index in [1.165, 1.54) is 0 Å². The maximum atomic E-state index is 4.39. The Kier molecular flexibility index (Phi) is 1.57. The predicted octanol–water partition coefficient (Wildman–Crippen LogP) is 1.85. The Morgan fingerprint density at radius 3 is 2.92 bits per heavy atom. The van der Waals surface area contributed by atoms with Crippen LogP contribution in [0.15, 0.2) is 24.7 Å². The van der Waals surface area contributed by atoms with Crippen LogP contribution in [0.1, 0.15) is 25.5 Å². The summed E-state index contributed by atoms with van der Waals surface area (Å²) in [5.74, 6) is 0.477. The van der Waals surface area contributed by atoms with Crippen LogP contribution in [0.25, 0.3) is 5.52 Å². The Hall–Kier alpha value is -1.38. The van der Waals surface area contributed by atoms with Gasteiger partial charge in [0.05, 0.1) is 17.4 Å². The highest BCUT2D eigenvalue weighted by Gasteiger charge is 2.03. The molecule has 0 unspecified atom stereocenters. The van der Waals surface area contributed by atoms with Gasteiger partial charge in [0.25, 0.3) is 0 Å². The number of aromatic nitrogens is 3. The van der Waals surface area contributed by atoms with Crippen LogP contribution in [0.4, 0.5) is 0 Å². The summed E-state index contributed by atoms with van der Waals surface area (Å²) < 4.78 is 1.85. The first kappa shape index (κ1) is 7.28. The molecule has 0 fully saturated rings. The van der Waals surface area contributed by atoms with E-state index < -0.39 is 0 Å². The summed E-state index contributed by atoms with van der Waals surface area (Å²) in [6.07, 6.45) is 5.42. The van der Waals surface area contributed by atoms with Crippen molar-refractivity contribution < 1.29 is 0 Å². The van der Waals surface area contributed by atoms with E-state index in [-0.39, 0.29) is 0 Å². The van der Waals surface area contributed by atoms with E-state index in [4.69, 9.17) is 0 Å². The molecule has 0 atom stereocenters. The van der Waals surface area contributed by atoms with Crippen molar-refractivity contribution in [2.75, 3.05) is 0 Å². The first-order chi connectivity index (χ1) is 5.77. The first-order valence-electron chi connectivity index (χ1n) is 4.06. The molecule has 3 nitrogen and oxygen atoms in total. The van der Waals surface area contributed by atoms with Gasteiger partial charge in [-0.15, -0.1) is 0 Å². The highest BCUT2D eigenvalue weighted by atomic mass is 15.2. The Morgan fingerprint density at radius 1 is 1.42 bits per heavy atom. The van der Waals surface area contributed by atoms with Crippen LogP contribution >= 0.6 is 0 Å². The third kappa shape index (κ3) is 1.07. The molecule has 3 heteroatoms. The molecule has 0 N–H and O–H groups in total. The van der Waals surface area contributed by atoms with Gasteiger partial charge in [-0.2, -0.15) is 5.10 Å². The van der Waals surface area contributed by atoms with Gasteiger partial charge in [0.2, 0.25) is 0 Å². The second-order valence-corrected chi connectivity index (χ2v) is 3.17. The molecule has 0 radical (unpaired) electrons. The largest absolute Gasteiger partial charge is 0.261 e. The van der Waals surface area contributed by atoms with Crippen LogP contribution in [0.3, 0.4) is 0 Å². The normalized spacial score (nSPS) is 11.2. The van der Waals surface area contributed by atoms with E-state index in [1.54, 1.807) is 6.20 Å². The molecule has 2 heterocycles. The highest BCUT2D eigenvalue weighted by Crippen LogP contribution is 2.13. The zero-order chi connectivity index (χ0) is 8.55. The number of hydrogen-bond donors (Lipinski definition) is 0. The fraction of sp³-hybridized carbons (Fsp3) is 0.333. The van der Waals surface area contributed by atoms with Crippen molar-refractivity contribution in [1.29, 1.82) is 0 Å². The molecular weight excluding hydrogens is 150 g/mol. The van der Waals surface area contributed by atoms with Crippen LogP contribution in [-0.2, 0) is 0 Å². The third-order valence-electron chi connectivity index (χ3n) is 1.88. The van der Waals surface area contributed by atoms with Crippen molar-refractivity contribution in [3.8, 4) is 0 Å². The molecule has 0 aliphatic carbocycles. The molecule has 0 amide bonds. The molecule has 0 bridgehead atoms. The highest BCUT2D eigenvalue weighted by molar-refractivity contribution is 5.45. The number of hydrogen-bond acceptors (Lipinski definition) is 2. The maximum Gasteiger partial charge on any atom is 0.0847 e. The number of nitrogens with zero attached hydrogens (tertiary/aromatic N) is 3. The lowest BCUT2D eigenvalue weighted by atomic mass is 10.1. The minimum Gasteiger partial charge on any atom is -0.261 e. The number of rotatable bonds is 1. The lowest BCUT2D eigenvalue weighted by Crippen LogP contribution is -1.90. The standard InChI is InChI=1S/C9H11N3/c1-7(2)9-5-8-6-10-3-4-12(8)11-9/h3-7H,1-2H3. The van der Waals surface area contributed by atoms with E-state index in [1.807, 2.05) is 16.9 Å². The summed E-state index contributed by atoms with van der Waals surface area (Å²) in [4.78, 5) is 4.02. The van der Waals surface area contributed by atoms with Gasteiger partial charge in [-0.25, -0.2) is 4.52 Å². The van der Waals surface area contributed by atoms with Crippen LogP contribution in [0.2, 0.25) is 0 Å². The lowest BCUT2D eigenvalue weighted by Gasteiger charge is -1.94. The molecule has 2 rings (SSSR count). The minimum atomic E-state index is 0.477. The maximum absolute atomic E-state index is 4.39. The zero-order valence-corrected chi connectivity index (χ0v) is 7.23. The second-order valence-electron chi connectivity index (χ2n) is 3.17. The van der Waals surface area contributed by atoms with Gasteiger partial charge < -0.3 is 0 Å². The van der Waals surface area contributed by atoms with Crippen LogP contribution < -0.4 is 0 Å². The van der Waals surface area contributed by atoms with Gasteiger partial charge in [-0.1, -0.05) is 13.8 Å². The number of fused-ring (bicyclic) bond motifs is 1. The molecule has 0 aliphatic heterocycles. The summed E-state index contributed by atoms with van der Waals surface area (Å²) in [7, 11) is 0. The molecule has 2 aromatic rings. The van der Waals surface area contributed by atoms with Crippen molar-refractivity contribution in [3.05, 3.63) is 30.4 Å². The topological polar surface area (TPSA) is 30.2 Å². The molecule has 0 aromatic carbocycles. The zero-order valence-electron chi connectivity index (χ0n) is 7.23. The van der Waals surface area contributed by atoms with Crippen LogP contribution in [-0.4, -0.2) is 14.6 Å². The molecule has 12 heavy (non-hydrogen) atoms. The van der Waals surface area contributed by atoms with E-state index in [0.29, 0.717) is 5.92 Å². The van der Waals surface area contributed by atoms with Gasteiger partial charge in [0, 0.05) is 12.4 Å². The van der Waals surface area contributed by atoms with Gasteiger partial charge in [-0.05, 0) is 12.0 Å². The van der Waals surface area contributed by atoms with E-state index in [9.17, 15) is 0 Å². The van der Waals surface area contributed by atoms with Gasteiger partial charge in [0.15, 0.2) is 0 Å². The van der Waals surface area contributed by atoms with E-state index >= 15 is 0 Å². The van der Waals surface area contributed by atoms with Crippen molar-refractivity contribution in [2.24, 2.45) is 0 Å². The van der Waals surface area contributed by atoms with Gasteiger partial charge >= 0.3 is 0 Å². The summed E-state index contributed by atoms with van der Waals surface area (Å²) in [5, 5.41) is 4.39. The predicted molar refractivity (Wildman–Crippen MR) is 47.1 cm³/mol. The van der Waals surface area contributed by atoms with Crippen molar-refractivity contribution >= 4 is 5.52 Å². The quantitative estimate of drug-likeness (QED) is 0.639. The Labute approximate surface area is 71.1 Å². The Morgan fingerprint density at radius 2 is 2.25 bits per heavy atom. The monoisotopic (exact) mass is 161 g/mol. The lowest BCUT2D eigenvalue weighted by molar-refractivity contribution is 0.787. The molecular formula is C9H11N3. The van der Waals surface area contributed by atoms with Gasteiger partial charge in [-0.3, -0.25) is 4.98 Å². The van der Waals surface area contributed by atoms with E-state index in [2.05, 4.69) is 30.0 Å². The molecule has 0 saturated carbocycles. The average molecular weight is 161 g/mol. The molecule has 2 aromatic heterocycles. The summed E-state index contributed by atoms with van der Waals surface area (Å²) in [6, 6.07) is 2.07.